The minimum atomic E-state index is 0. The molecule has 0 saturated heterocycles. The van der Waals surface area contributed by atoms with Gasteiger partial charge in [-0.15, -0.1) is 22.7 Å². The third-order valence-electron chi connectivity index (χ3n) is 18.6. The van der Waals surface area contributed by atoms with E-state index >= 15 is 0 Å². The van der Waals surface area contributed by atoms with Gasteiger partial charge in [0.15, 0.2) is 18.6 Å². The summed E-state index contributed by atoms with van der Waals surface area (Å²) in [7, 11) is 12.9. The van der Waals surface area contributed by atoms with E-state index in [1.54, 1.807) is 0 Å². The molecule has 0 saturated carbocycles. The standard InChI is InChI=1S/C26H21N2O.2C26H21N2S.3CH4/c1-16-19-10-6-7-11-25(19)29-26(16)23-14-21-20-12-17-8-4-5-9-18(17)13-22(20)28(3)24(21)15-27(23)2;1-16-18-9-6-7-11-24(18)29-26(16)22-14-21-20-13-12-17-8-4-5-10-19(17)25(20)28(3)23(21)15-27(22)2;1-16-19-10-6-7-11-25(19)29-26(16)23-14-21-20-12-17-8-4-5-9-18(17)13-22(20)28(3)24(21)15-27(23)2;;;/h3*4-15H,1-3H3;3*1H4/q3*+1;;;. The van der Waals surface area contributed by atoms with Crippen molar-refractivity contribution in [1.29, 1.82) is 0 Å². The Labute approximate surface area is 533 Å². The number of rotatable bonds is 3. The maximum atomic E-state index is 6.28. The Morgan fingerprint density at radius 1 is 0.322 bits per heavy atom. The second-order valence-electron chi connectivity index (χ2n) is 23.7. The first-order valence-corrected chi connectivity index (χ1v) is 31.4. The number of fused-ring (bicyclic) bond motifs is 16. The third kappa shape index (κ3) is 9.15. The normalized spacial score (nSPS) is 11.6. The number of benzene rings is 9. The second-order valence-corrected chi connectivity index (χ2v) is 25.8. The van der Waals surface area contributed by atoms with Crippen molar-refractivity contribution in [3.63, 3.8) is 0 Å². The second kappa shape index (κ2) is 22.6. The van der Waals surface area contributed by atoms with Crippen molar-refractivity contribution in [2.45, 2.75) is 43.1 Å². The summed E-state index contributed by atoms with van der Waals surface area (Å²) in [6, 6.07) is 72.3. The van der Waals surface area contributed by atoms with Crippen molar-refractivity contribution < 1.29 is 18.1 Å². The third-order valence-corrected chi connectivity index (χ3v) is 21.2. The van der Waals surface area contributed by atoms with E-state index in [2.05, 4.69) is 297 Å². The average Bonchev–Trinajstić information content (AvgIpc) is 1.64. The molecule has 0 bridgehead atoms. The molecule has 90 heavy (non-hydrogen) atoms. The molecule has 0 aliphatic carbocycles. The van der Waals surface area contributed by atoms with Gasteiger partial charge < -0.3 is 18.1 Å². The molecular formula is C81H75N6OS2+3. The molecule has 0 aliphatic rings. The number of aryl methyl sites for hydroxylation is 9. The molecule has 7 nitrogen and oxygen atoms in total. The van der Waals surface area contributed by atoms with Crippen LogP contribution < -0.4 is 13.7 Å². The maximum absolute atomic E-state index is 6.28. The first-order chi connectivity index (χ1) is 42.4. The van der Waals surface area contributed by atoms with E-state index in [9.17, 15) is 0 Å². The Bertz CT molecular complexity index is 5530. The molecule has 18 rings (SSSR count). The zero-order chi connectivity index (χ0) is 59.1. The minimum Gasteiger partial charge on any atom is -0.449 e. The lowest BCUT2D eigenvalue weighted by Gasteiger charge is -2.02. The molecular weight excluding hydrogens is 1140 g/mol. The summed E-state index contributed by atoms with van der Waals surface area (Å²) in [6.45, 7) is 6.63. The Balaban J connectivity index is 0.000000122. The summed E-state index contributed by atoms with van der Waals surface area (Å²) in [6.07, 6.45) is 6.77. The molecule has 9 heteroatoms. The van der Waals surface area contributed by atoms with Gasteiger partial charge in [0.1, 0.15) is 53.0 Å². The SMILES string of the molecule is C.C.C.Cc1c(-c2cc3c4cc5ccccc5cc4n(C)c3c[n+]2C)oc2ccccc12.Cc1c(-c2cc3c4cc5ccccc5cc4n(C)c3c[n+]2C)sc2ccccc12.Cc1c(-c2cc3c4ccc5ccccc5c4n(C)c3c[n+]2C)sc2ccccc12. The predicted molar refractivity (Wildman–Crippen MR) is 389 cm³/mol. The highest BCUT2D eigenvalue weighted by Gasteiger charge is 2.26. The lowest BCUT2D eigenvalue weighted by molar-refractivity contribution is -0.659. The lowest BCUT2D eigenvalue weighted by atomic mass is 10.1. The van der Waals surface area contributed by atoms with Gasteiger partial charge in [-0.3, -0.25) is 0 Å². The molecule has 0 fully saturated rings. The van der Waals surface area contributed by atoms with Crippen molar-refractivity contribution in [1.82, 2.24) is 13.7 Å². The number of hydrogen-bond donors (Lipinski definition) is 0. The fourth-order valence-corrected chi connectivity index (χ4v) is 16.5. The van der Waals surface area contributed by atoms with Crippen molar-refractivity contribution >= 4 is 152 Å². The Hall–Kier alpha value is -9.93. The predicted octanol–water partition coefficient (Wildman–Crippen LogP) is 20.9. The molecule has 0 amide bonds. The van der Waals surface area contributed by atoms with Gasteiger partial charge in [0.2, 0.25) is 22.8 Å². The fourth-order valence-electron chi connectivity index (χ4n) is 13.9. The van der Waals surface area contributed by atoms with Crippen molar-refractivity contribution in [2.75, 3.05) is 0 Å². The van der Waals surface area contributed by atoms with E-state index in [0.29, 0.717) is 0 Å². The topological polar surface area (TPSA) is 39.6 Å². The Morgan fingerprint density at radius 3 is 1.19 bits per heavy atom. The lowest BCUT2D eigenvalue weighted by Crippen LogP contribution is -2.30. The highest BCUT2D eigenvalue weighted by molar-refractivity contribution is 7.22. The number of nitrogens with zero attached hydrogens (tertiary/aromatic N) is 6. The monoisotopic (exact) mass is 1210 g/mol. The molecule has 0 unspecified atom stereocenters. The average molecular weight is 1210 g/mol. The summed E-state index contributed by atoms with van der Waals surface area (Å²) in [5.41, 5.74) is 16.1. The van der Waals surface area contributed by atoms with Gasteiger partial charge >= 0.3 is 0 Å². The number of pyridine rings is 3. The molecule has 18 aromatic rings. The zero-order valence-electron chi connectivity index (χ0n) is 50.2. The van der Waals surface area contributed by atoms with Gasteiger partial charge in [-0.05, 0) is 112 Å². The van der Waals surface area contributed by atoms with Crippen LogP contribution in [-0.4, -0.2) is 13.7 Å². The summed E-state index contributed by atoms with van der Waals surface area (Å²) >= 11 is 3.77. The van der Waals surface area contributed by atoms with E-state index in [1.807, 2.05) is 34.8 Å². The molecule has 0 atom stereocenters. The summed E-state index contributed by atoms with van der Waals surface area (Å²) < 4.78 is 22.6. The van der Waals surface area contributed by atoms with E-state index in [1.165, 1.54) is 161 Å². The summed E-state index contributed by atoms with van der Waals surface area (Å²) in [5, 5.41) is 19.4. The van der Waals surface area contributed by atoms with Gasteiger partial charge in [-0.2, -0.15) is 13.7 Å². The molecule has 0 N–H and O–H groups in total. The summed E-state index contributed by atoms with van der Waals surface area (Å²) in [5.74, 6) is 0.938. The Kier molecular flexibility index (Phi) is 14.8. The Morgan fingerprint density at radius 2 is 0.700 bits per heavy atom. The molecule has 0 radical (unpaired) electrons. The van der Waals surface area contributed by atoms with Crippen LogP contribution >= 0.6 is 22.7 Å². The number of thiophene rings is 2. The van der Waals surface area contributed by atoms with Crippen LogP contribution in [-0.2, 0) is 42.3 Å². The molecule has 444 valence electrons. The van der Waals surface area contributed by atoms with Gasteiger partial charge in [0.05, 0.1) is 5.52 Å². The fraction of sp³-hybridized carbons (Fsp3) is 0.148. The largest absolute Gasteiger partial charge is 0.449 e. The summed E-state index contributed by atoms with van der Waals surface area (Å²) in [4.78, 5) is 2.71. The van der Waals surface area contributed by atoms with Crippen LogP contribution in [0.2, 0.25) is 0 Å². The van der Waals surface area contributed by atoms with Crippen molar-refractivity contribution in [2.24, 2.45) is 42.3 Å². The maximum Gasteiger partial charge on any atom is 0.249 e. The number of para-hydroxylation sites is 1. The zero-order valence-corrected chi connectivity index (χ0v) is 51.8. The first kappa shape index (κ1) is 59.1. The van der Waals surface area contributed by atoms with Crippen LogP contribution in [0.1, 0.15) is 39.0 Å². The van der Waals surface area contributed by atoms with Crippen LogP contribution in [0, 0.1) is 20.8 Å². The van der Waals surface area contributed by atoms with E-state index in [0.717, 1.165) is 17.0 Å². The molecule has 0 aliphatic heterocycles. The first-order valence-electron chi connectivity index (χ1n) is 29.7. The van der Waals surface area contributed by atoms with E-state index in [-0.39, 0.29) is 22.3 Å². The van der Waals surface area contributed by atoms with Crippen molar-refractivity contribution in [3.05, 3.63) is 235 Å². The number of aromatic nitrogens is 6. The molecule has 9 aromatic heterocycles. The van der Waals surface area contributed by atoms with E-state index < -0.39 is 0 Å². The van der Waals surface area contributed by atoms with Crippen LogP contribution in [0.4, 0.5) is 0 Å². The van der Waals surface area contributed by atoms with Gasteiger partial charge in [0, 0.05) is 108 Å². The van der Waals surface area contributed by atoms with Crippen molar-refractivity contribution in [3.8, 4) is 32.6 Å². The van der Waals surface area contributed by atoms with Crippen LogP contribution in [0.15, 0.2) is 223 Å². The van der Waals surface area contributed by atoms with Gasteiger partial charge in [0.25, 0.3) is 0 Å². The van der Waals surface area contributed by atoms with Crippen LogP contribution in [0.3, 0.4) is 0 Å². The van der Waals surface area contributed by atoms with Crippen LogP contribution in [0.5, 0.6) is 0 Å². The number of furan rings is 1. The smallest absolute Gasteiger partial charge is 0.249 e. The van der Waals surface area contributed by atoms with E-state index in [4.69, 9.17) is 4.42 Å². The van der Waals surface area contributed by atoms with Crippen LogP contribution in [0.25, 0.3) is 161 Å². The quantitative estimate of drug-likeness (QED) is 0.163. The number of hydrogen-bond acceptors (Lipinski definition) is 3. The van der Waals surface area contributed by atoms with Gasteiger partial charge in [-0.1, -0.05) is 162 Å². The minimum absolute atomic E-state index is 0. The highest BCUT2D eigenvalue weighted by Crippen LogP contribution is 2.43. The highest BCUT2D eigenvalue weighted by atomic mass is 32.1. The molecule has 9 heterocycles. The van der Waals surface area contributed by atoms with Gasteiger partial charge in [-0.25, -0.2) is 0 Å². The molecule has 9 aromatic carbocycles. The molecule has 0 spiro atoms.